The molecule has 1 aliphatic rings. The van der Waals surface area contributed by atoms with Crippen LogP contribution in [0, 0.1) is 0 Å². The Morgan fingerprint density at radius 3 is 2.70 bits per heavy atom. The van der Waals surface area contributed by atoms with Gasteiger partial charge in [0.15, 0.2) is 5.82 Å². The van der Waals surface area contributed by atoms with Crippen LogP contribution in [0.25, 0.3) is 11.5 Å². The number of nitrogens with one attached hydrogen (secondary N) is 1. The maximum atomic E-state index is 12.7. The van der Waals surface area contributed by atoms with Crippen LogP contribution in [0.4, 0.5) is 5.82 Å². The predicted octanol–water partition coefficient (Wildman–Crippen LogP) is 1.74. The number of aryl methyl sites for hydroxylation is 1. The molecule has 7 nitrogen and oxygen atoms in total. The van der Waals surface area contributed by atoms with Crippen molar-refractivity contribution in [2.75, 3.05) is 18.6 Å². The van der Waals surface area contributed by atoms with Crippen LogP contribution in [-0.2, 0) is 17.6 Å². The molecule has 7 heteroatoms. The highest BCUT2D eigenvalue weighted by Gasteiger charge is 2.30. The van der Waals surface area contributed by atoms with Crippen LogP contribution < -0.4 is 10.2 Å². The summed E-state index contributed by atoms with van der Waals surface area (Å²) in [6.45, 7) is 5.46. The third kappa shape index (κ3) is 4.24. The summed E-state index contributed by atoms with van der Waals surface area (Å²) >= 11 is 0. The summed E-state index contributed by atoms with van der Waals surface area (Å²) < 4.78 is 0. The van der Waals surface area contributed by atoms with Crippen molar-refractivity contribution < 1.29 is 9.90 Å². The average Bonchev–Trinajstić information content (AvgIpc) is 3.09. The number of carbonyl (C=O) groups is 1. The van der Waals surface area contributed by atoms with Gasteiger partial charge < -0.3 is 15.3 Å². The molecule has 0 unspecified atom stereocenters. The second kappa shape index (κ2) is 7.60. The van der Waals surface area contributed by atoms with E-state index in [-0.39, 0.29) is 18.1 Å². The average molecular weight is 369 g/mol. The number of fused-ring (bicyclic) bond motifs is 1. The van der Waals surface area contributed by atoms with E-state index in [0.29, 0.717) is 17.3 Å². The summed E-state index contributed by atoms with van der Waals surface area (Å²) in [6.07, 6.45) is 4.48. The maximum absolute atomic E-state index is 12.7. The lowest BCUT2D eigenvalue weighted by atomic mass is 10.1. The Morgan fingerprint density at radius 1 is 1.30 bits per heavy atom. The van der Waals surface area contributed by atoms with E-state index in [1.807, 2.05) is 39.0 Å². The van der Waals surface area contributed by atoms with Crippen LogP contribution in [0.15, 0.2) is 24.4 Å². The van der Waals surface area contributed by atoms with Crippen LogP contribution in [0.2, 0.25) is 0 Å². The molecule has 1 amide bonds. The number of anilines is 1. The molecule has 0 aliphatic heterocycles. The van der Waals surface area contributed by atoms with Crippen molar-refractivity contribution >= 4 is 11.7 Å². The van der Waals surface area contributed by atoms with Gasteiger partial charge in [-0.1, -0.05) is 6.07 Å². The van der Waals surface area contributed by atoms with Crippen molar-refractivity contribution in [3.8, 4) is 11.5 Å². The number of hydrogen-bond acceptors (Lipinski definition) is 6. The summed E-state index contributed by atoms with van der Waals surface area (Å²) in [5.41, 5.74) is 2.37. The zero-order valence-electron chi connectivity index (χ0n) is 16.4. The molecular formula is C20H27N5O2. The first-order valence-electron chi connectivity index (χ1n) is 9.27. The molecule has 0 radical (unpaired) electrons. The van der Waals surface area contributed by atoms with Crippen LogP contribution >= 0.6 is 0 Å². The van der Waals surface area contributed by atoms with Gasteiger partial charge in [-0.25, -0.2) is 9.97 Å². The van der Waals surface area contributed by atoms with Gasteiger partial charge in [0.05, 0.1) is 6.61 Å². The number of rotatable bonds is 5. The molecule has 0 fully saturated rings. The summed E-state index contributed by atoms with van der Waals surface area (Å²) in [6, 6.07) is 4.90. The predicted molar refractivity (Wildman–Crippen MR) is 104 cm³/mol. The molecule has 3 rings (SSSR count). The Balaban J connectivity index is 1.99. The highest BCUT2D eigenvalue weighted by molar-refractivity contribution is 5.86. The normalized spacial score (nSPS) is 14.6. The number of carbonyl (C=O) groups excluding carboxylic acids is 1. The number of aliphatic hydroxyl groups excluding tert-OH is 1. The Kier molecular flexibility index (Phi) is 5.41. The zero-order valence-corrected chi connectivity index (χ0v) is 16.4. The molecule has 144 valence electrons. The molecule has 2 heterocycles. The fourth-order valence-electron chi connectivity index (χ4n) is 3.30. The zero-order chi connectivity index (χ0) is 19.6. The molecule has 2 aromatic rings. The molecule has 1 aliphatic carbocycles. The van der Waals surface area contributed by atoms with Crippen LogP contribution in [-0.4, -0.2) is 51.2 Å². The smallest absolute Gasteiger partial charge is 0.245 e. The van der Waals surface area contributed by atoms with Gasteiger partial charge >= 0.3 is 0 Å². The molecule has 0 saturated carbocycles. The summed E-state index contributed by atoms with van der Waals surface area (Å²) in [5.74, 6) is 1.02. The largest absolute Gasteiger partial charge is 0.394 e. The maximum Gasteiger partial charge on any atom is 0.245 e. The second-order valence-electron chi connectivity index (χ2n) is 7.91. The highest BCUT2D eigenvalue weighted by Crippen LogP contribution is 2.31. The standard InChI is InChI=1S/C20H27N5O2/c1-20(2,3)24-19(27)16(12-26)25(4)18-13-8-7-10-14(13)22-17(23-18)15-9-5-6-11-21-15/h5-6,9,11,16,26H,7-8,10,12H2,1-4H3,(H,24,27)/t16-/m1/s1. The quantitative estimate of drug-likeness (QED) is 0.834. The lowest BCUT2D eigenvalue weighted by Gasteiger charge is -2.31. The van der Waals surface area contributed by atoms with Crippen molar-refractivity contribution in [2.24, 2.45) is 0 Å². The van der Waals surface area contributed by atoms with Gasteiger partial charge in [-0.3, -0.25) is 9.78 Å². The fraction of sp³-hybridized carbons (Fsp3) is 0.500. The Labute approximate surface area is 159 Å². The molecule has 2 N–H and O–H groups in total. The Hall–Kier alpha value is -2.54. The molecule has 27 heavy (non-hydrogen) atoms. The van der Waals surface area contributed by atoms with E-state index in [9.17, 15) is 9.90 Å². The van der Waals surface area contributed by atoms with E-state index >= 15 is 0 Å². The first-order chi connectivity index (χ1) is 12.8. The topological polar surface area (TPSA) is 91.2 Å². The first-order valence-corrected chi connectivity index (χ1v) is 9.27. The minimum atomic E-state index is -0.722. The number of likely N-dealkylation sites (N-methyl/N-ethyl adjacent to an activating group) is 1. The van der Waals surface area contributed by atoms with E-state index in [1.54, 1.807) is 18.1 Å². The van der Waals surface area contributed by atoms with E-state index < -0.39 is 6.04 Å². The van der Waals surface area contributed by atoms with Crippen molar-refractivity contribution in [1.29, 1.82) is 0 Å². The lowest BCUT2D eigenvalue weighted by molar-refractivity contribution is -0.124. The highest BCUT2D eigenvalue weighted by atomic mass is 16.3. The van der Waals surface area contributed by atoms with Crippen molar-refractivity contribution in [3.05, 3.63) is 35.7 Å². The van der Waals surface area contributed by atoms with E-state index in [4.69, 9.17) is 9.97 Å². The first kappa shape index (κ1) is 19.2. The van der Waals surface area contributed by atoms with Crippen molar-refractivity contribution in [2.45, 2.75) is 51.6 Å². The third-order valence-corrected chi connectivity index (χ3v) is 4.58. The molecule has 0 saturated heterocycles. The molecule has 0 bridgehead atoms. The number of pyridine rings is 1. The van der Waals surface area contributed by atoms with E-state index in [0.717, 1.165) is 30.5 Å². The number of amides is 1. The summed E-state index contributed by atoms with van der Waals surface area (Å²) in [4.78, 5) is 28.2. The lowest BCUT2D eigenvalue weighted by Crippen LogP contribution is -2.53. The molecule has 0 spiro atoms. The summed E-state index contributed by atoms with van der Waals surface area (Å²) in [5, 5.41) is 12.8. The van der Waals surface area contributed by atoms with Crippen molar-refractivity contribution in [3.63, 3.8) is 0 Å². The van der Waals surface area contributed by atoms with E-state index in [1.165, 1.54) is 0 Å². The van der Waals surface area contributed by atoms with Gasteiger partial charge in [0.25, 0.3) is 0 Å². The minimum Gasteiger partial charge on any atom is -0.394 e. The van der Waals surface area contributed by atoms with Gasteiger partial charge in [0, 0.05) is 30.0 Å². The molecule has 2 aromatic heterocycles. The van der Waals surface area contributed by atoms with Crippen molar-refractivity contribution in [1.82, 2.24) is 20.3 Å². The number of aromatic nitrogens is 3. The third-order valence-electron chi connectivity index (χ3n) is 4.58. The number of aliphatic hydroxyl groups is 1. The molecule has 1 atom stereocenters. The summed E-state index contributed by atoms with van der Waals surface area (Å²) in [7, 11) is 1.80. The molecule has 0 aromatic carbocycles. The van der Waals surface area contributed by atoms with Gasteiger partial charge in [-0.05, 0) is 52.2 Å². The van der Waals surface area contributed by atoms with Crippen LogP contribution in [0.1, 0.15) is 38.4 Å². The second-order valence-corrected chi connectivity index (χ2v) is 7.91. The van der Waals surface area contributed by atoms with Crippen LogP contribution in [0.5, 0.6) is 0 Å². The Bertz CT molecular complexity index is 817. The SMILES string of the molecule is CN(c1nc(-c2ccccn2)nc2c1CCC2)[C@H](CO)C(=O)NC(C)(C)C. The monoisotopic (exact) mass is 369 g/mol. The Morgan fingerprint density at radius 2 is 2.07 bits per heavy atom. The van der Waals surface area contributed by atoms with E-state index in [2.05, 4.69) is 10.3 Å². The number of nitrogens with zero attached hydrogens (tertiary/aromatic N) is 4. The molecular weight excluding hydrogens is 342 g/mol. The van der Waals surface area contributed by atoms with Gasteiger partial charge in [-0.15, -0.1) is 0 Å². The van der Waals surface area contributed by atoms with Gasteiger partial charge in [0.1, 0.15) is 17.6 Å². The van der Waals surface area contributed by atoms with Gasteiger partial charge in [0.2, 0.25) is 5.91 Å². The van der Waals surface area contributed by atoms with Crippen LogP contribution in [0.3, 0.4) is 0 Å². The minimum absolute atomic E-state index is 0.225. The van der Waals surface area contributed by atoms with Gasteiger partial charge in [-0.2, -0.15) is 0 Å². The fourth-order valence-corrected chi connectivity index (χ4v) is 3.30. The number of hydrogen-bond donors (Lipinski definition) is 2.